The third kappa shape index (κ3) is 4.97. The van der Waals surface area contributed by atoms with Crippen molar-refractivity contribution in [3.8, 4) is 0 Å². The summed E-state index contributed by atoms with van der Waals surface area (Å²) in [5.41, 5.74) is 0.682. The molecule has 120 valence electrons. The zero-order valence-corrected chi connectivity index (χ0v) is 13.7. The standard InChI is InChI=1S/C16H19Cl2NO3/c17-13-4-3-11(15(18)9-13)7-14(20)8-12(16(21)22)10-19-5-1-2-6-19/h3-4,9,12H,1-2,5-8,10H2,(H,21,22). The molecule has 2 rings (SSSR count). The van der Waals surface area contributed by atoms with Crippen molar-refractivity contribution in [3.05, 3.63) is 33.8 Å². The zero-order chi connectivity index (χ0) is 16.1. The Morgan fingerprint density at radius 1 is 1.23 bits per heavy atom. The van der Waals surface area contributed by atoms with E-state index in [1.54, 1.807) is 18.2 Å². The number of carbonyl (C=O) groups is 2. The highest BCUT2D eigenvalue weighted by Gasteiger charge is 2.25. The van der Waals surface area contributed by atoms with Gasteiger partial charge in [0.2, 0.25) is 0 Å². The number of rotatable bonds is 7. The topological polar surface area (TPSA) is 57.6 Å². The fourth-order valence-corrected chi connectivity index (χ4v) is 3.21. The molecule has 0 saturated carbocycles. The van der Waals surface area contributed by atoms with Crippen LogP contribution in [0.25, 0.3) is 0 Å². The third-order valence-corrected chi connectivity index (χ3v) is 4.49. The molecule has 1 atom stereocenters. The fourth-order valence-electron chi connectivity index (χ4n) is 2.73. The molecular formula is C16H19Cl2NO3. The number of nitrogens with zero attached hydrogens (tertiary/aromatic N) is 1. The number of Topliss-reactive ketones (excluding diaryl/α,β-unsaturated/α-hetero) is 1. The molecule has 0 aliphatic carbocycles. The smallest absolute Gasteiger partial charge is 0.308 e. The van der Waals surface area contributed by atoms with E-state index in [0.717, 1.165) is 25.9 Å². The molecule has 1 aromatic rings. The maximum atomic E-state index is 12.2. The third-order valence-electron chi connectivity index (χ3n) is 3.90. The van der Waals surface area contributed by atoms with E-state index < -0.39 is 11.9 Å². The van der Waals surface area contributed by atoms with Gasteiger partial charge in [-0.2, -0.15) is 0 Å². The average Bonchev–Trinajstić information content (AvgIpc) is 2.94. The van der Waals surface area contributed by atoms with Gasteiger partial charge in [-0.25, -0.2) is 0 Å². The van der Waals surface area contributed by atoms with Crippen LogP contribution < -0.4 is 0 Å². The molecule has 1 heterocycles. The van der Waals surface area contributed by atoms with E-state index in [1.165, 1.54) is 0 Å². The summed E-state index contributed by atoms with van der Waals surface area (Å²) in [6.07, 6.45) is 2.37. The Bertz CT molecular complexity index is 556. The summed E-state index contributed by atoms with van der Waals surface area (Å²) in [7, 11) is 0. The second kappa shape index (κ2) is 7.95. The summed E-state index contributed by atoms with van der Waals surface area (Å²) < 4.78 is 0. The van der Waals surface area contributed by atoms with Gasteiger partial charge in [-0.05, 0) is 43.6 Å². The van der Waals surface area contributed by atoms with Gasteiger partial charge in [0.05, 0.1) is 5.92 Å². The van der Waals surface area contributed by atoms with E-state index in [2.05, 4.69) is 4.90 Å². The molecule has 4 nitrogen and oxygen atoms in total. The van der Waals surface area contributed by atoms with Crippen LogP contribution in [0.5, 0.6) is 0 Å². The summed E-state index contributed by atoms with van der Waals surface area (Å²) in [6, 6.07) is 4.97. The maximum Gasteiger partial charge on any atom is 0.308 e. The number of hydrogen-bond donors (Lipinski definition) is 1. The van der Waals surface area contributed by atoms with Crippen LogP contribution in [0, 0.1) is 5.92 Å². The Kier molecular flexibility index (Phi) is 6.24. The SMILES string of the molecule is O=C(Cc1ccc(Cl)cc1Cl)CC(CN1CCCC1)C(=O)O. The van der Waals surface area contributed by atoms with Crippen LogP contribution in [0.4, 0.5) is 0 Å². The number of carbonyl (C=O) groups excluding carboxylic acids is 1. The normalized spacial score (nSPS) is 16.6. The first-order chi connectivity index (χ1) is 10.5. The van der Waals surface area contributed by atoms with Gasteiger partial charge in [-0.3, -0.25) is 9.59 Å². The lowest BCUT2D eigenvalue weighted by molar-refractivity contribution is -0.144. The van der Waals surface area contributed by atoms with Crippen LogP contribution in [0.2, 0.25) is 10.0 Å². The zero-order valence-electron chi connectivity index (χ0n) is 12.2. The lowest BCUT2D eigenvalue weighted by atomic mass is 9.98. The highest BCUT2D eigenvalue weighted by molar-refractivity contribution is 6.35. The number of halogens is 2. The summed E-state index contributed by atoms with van der Waals surface area (Å²) in [6.45, 7) is 2.28. The minimum absolute atomic E-state index is 0.0325. The van der Waals surface area contributed by atoms with Gasteiger partial charge in [0.15, 0.2) is 0 Å². The Balaban J connectivity index is 1.94. The van der Waals surface area contributed by atoms with Crippen molar-refractivity contribution < 1.29 is 14.7 Å². The van der Waals surface area contributed by atoms with Crippen molar-refractivity contribution in [1.82, 2.24) is 4.90 Å². The summed E-state index contributed by atoms with van der Waals surface area (Å²) >= 11 is 11.9. The quantitative estimate of drug-likeness (QED) is 0.825. The van der Waals surface area contributed by atoms with Crippen LogP contribution >= 0.6 is 23.2 Å². The Hall–Kier alpha value is -1.10. The molecule has 0 aromatic heterocycles. The first kappa shape index (κ1) is 17.3. The van der Waals surface area contributed by atoms with Crippen LogP contribution in [-0.4, -0.2) is 41.4 Å². The minimum Gasteiger partial charge on any atom is -0.481 e. The Morgan fingerprint density at radius 3 is 2.50 bits per heavy atom. The fraction of sp³-hybridized carbons (Fsp3) is 0.500. The van der Waals surface area contributed by atoms with Crippen molar-refractivity contribution in [3.63, 3.8) is 0 Å². The number of hydrogen-bond acceptors (Lipinski definition) is 3. The van der Waals surface area contributed by atoms with E-state index in [4.69, 9.17) is 23.2 Å². The van der Waals surface area contributed by atoms with E-state index >= 15 is 0 Å². The number of likely N-dealkylation sites (tertiary alicyclic amines) is 1. The Labute approximate surface area is 140 Å². The molecular weight excluding hydrogens is 325 g/mol. The predicted octanol–water partition coefficient (Wildman–Crippen LogP) is 3.29. The van der Waals surface area contributed by atoms with Crippen LogP contribution in [0.1, 0.15) is 24.8 Å². The largest absolute Gasteiger partial charge is 0.481 e. The molecule has 1 N–H and O–H groups in total. The highest BCUT2D eigenvalue weighted by atomic mass is 35.5. The van der Waals surface area contributed by atoms with Crippen LogP contribution in [0.3, 0.4) is 0 Å². The second-order valence-electron chi connectivity index (χ2n) is 5.70. The van der Waals surface area contributed by atoms with Crippen LogP contribution in [0.15, 0.2) is 18.2 Å². The minimum atomic E-state index is -0.914. The van der Waals surface area contributed by atoms with Gasteiger partial charge in [-0.1, -0.05) is 29.3 Å². The van der Waals surface area contributed by atoms with E-state index in [0.29, 0.717) is 22.2 Å². The Morgan fingerprint density at radius 2 is 1.91 bits per heavy atom. The van der Waals surface area contributed by atoms with Gasteiger partial charge < -0.3 is 10.0 Å². The first-order valence-electron chi connectivity index (χ1n) is 7.36. The number of benzene rings is 1. The second-order valence-corrected chi connectivity index (χ2v) is 6.54. The molecule has 1 saturated heterocycles. The van der Waals surface area contributed by atoms with Crippen molar-refractivity contribution in [2.45, 2.75) is 25.7 Å². The van der Waals surface area contributed by atoms with Gasteiger partial charge in [0.25, 0.3) is 0 Å². The molecule has 1 aliphatic rings. The summed E-state index contributed by atoms with van der Waals surface area (Å²) in [5.74, 6) is -1.69. The highest BCUT2D eigenvalue weighted by Crippen LogP contribution is 2.22. The number of aliphatic carboxylic acids is 1. The molecule has 1 fully saturated rings. The lowest BCUT2D eigenvalue weighted by Gasteiger charge is -2.19. The molecule has 1 aromatic carbocycles. The number of ketones is 1. The summed E-state index contributed by atoms with van der Waals surface area (Å²) in [5, 5.41) is 10.3. The molecule has 0 amide bonds. The average molecular weight is 344 g/mol. The van der Waals surface area contributed by atoms with E-state index in [1.807, 2.05) is 0 Å². The predicted molar refractivity (Wildman–Crippen MR) is 86.6 cm³/mol. The van der Waals surface area contributed by atoms with Crippen molar-refractivity contribution in [2.75, 3.05) is 19.6 Å². The monoisotopic (exact) mass is 343 g/mol. The van der Waals surface area contributed by atoms with Crippen molar-refractivity contribution in [1.29, 1.82) is 0 Å². The molecule has 0 radical (unpaired) electrons. The van der Waals surface area contributed by atoms with Gasteiger partial charge in [0.1, 0.15) is 5.78 Å². The maximum absolute atomic E-state index is 12.2. The molecule has 1 unspecified atom stereocenters. The number of carboxylic acid groups (broad SMARTS) is 1. The molecule has 0 spiro atoms. The van der Waals surface area contributed by atoms with Crippen molar-refractivity contribution >= 4 is 35.0 Å². The van der Waals surface area contributed by atoms with Gasteiger partial charge >= 0.3 is 5.97 Å². The van der Waals surface area contributed by atoms with E-state index in [-0.39, 0.29) is 18.6 Å². The van der Waals surface area contributed by atoms with Crippen molar-refractivity contribution in [2.24, 2.45) is 5.92 Å². The molecule has 6 heteroatoms. The van der Waals surface area contributed by atoms with E-state index in [9.17, 15) is 14.7 Å². The summed E-state index contributed by atoms with van der Waals surface area (Å²) in [4.78, 5) is 25.6. The van der Waals surface area contributed by atoms with Gasteiger partial charge in [-0.15, -0.1) is 0 Å². The molecule has 1 aliphatic heterocycles. The number of carboxylic acids is 1. The molecule has 22 heavy (non-hydrogen) atoms. The van der Waals surface area contributed by atoms with Gasteiger partial charge in [0, 0.05) is 29.4 Å². The molecule has 0 bridgehead atoms. The first-order valence-corrected chi connectivity index (χ1v) is 8.12. The van der Waals surface area contributed by atoms with Crippen LogP contribution in [-0.2, 0) is 16.0 Å². The lowest BCUT2D eigenvalue weighted by Crippen LogP contribution is -2.32.